The smallest absolute Gasteiger partial charge is 0.126 e. The molecule has 1 aromatic carbocycles. The van der Waals surface area contributed by atoms with Crippen LogP contribution in [0.15, 0.2) is 30.3 Å². The van der Waals surface area contributed by atoms with Crippen molar-refractivity contribution in [1.29, 1.82) is 0 Å². The van der Waals surface area contributed by atoms with Gasteiger partial charge in [0, 0.05) is 6.54 Å². The number of halogens is 1. The van der Waals surface area contributed by atoms with E-state index in [1.165, 1.54) is 6.07 Å². The quantitative estimate of drug-likeness (QED) is 0.897. The van der Waals surface area contributed by atoms with Gasteiger partial charge in [-0.3, -0.25) is 4.68 Å². The maximum Gasteiger partial charge on any atom is 0.126 e. The van der Waals surface area contributed by atoms with Crippen LogP contribution in [0.3, 0.4) is 0 Å². The fourth-order valence-corrected chi connectivity index (χ4v) is 2.34. The van der Waals surface area contributed by atoms with Gasteiger partial charge in [0.2, 0.25) is 0 Å². The van der Waals surface area contributed by atoms with Gasteiger partial charge in [-0.05, 0) is 45.0 Å². The molecule has 0 amide bonds. The van der Waals surface area contributed by atoms with E-state index in [1.54, 1.807) is 6.07 Å². The maximum atomic E-state index is 13.7. The van der Waals surface area contributed by atoms with Crippen molar-refractivity contribution >= 4 is 0 Å². The van der Waals surface area contributed by atoms with Gasteiger partial charge in [-0.1, -0.05) is 18.2 Å². The van der Waals surface area contributed by atoms with E-state index in [-0.39, 0.29) is 11.9 Å². The third-order valence-electron chi connectivity index (χ3n) is 3.32. The standard InChI is InChI=1S/C15H20FN3/c1-4-19-15(9-11(2)18-19)14(17-3)10-12-7-5-6-8-13(12)16/h5-9,14,17H,4,10H2,1-3H3. The zero-order valence-corrected chi connectivity index (χ0v) is 11.7. The van der Waals surface area contributed by atoms with Crippen molar-refractivity contribution in [1.82, 2.24) is 15.1 Å². The zero-order chi connectivity index (χ0) is 13.8. The van der Waals surface area contributed by atoms with Crippen LogP contribution in [0.25, 0.3) is 0 Å². The summed E-state index contributed by atoms with van der Waals surface area (Å²) >= 11 is 0. The molecule has 0 saturated heterocycles. The molecule has 2 rings (SSSR count). The third-order valence-corrected chi connectivity index (χ3v) is 3.32. The topological polar surface area (TPSA) is 29.9 Å². The van der Waals surface area contributed by atoms with Crippen LogP contribution in [0.4, 0.5) is 4.39 Å². The van der Waals surface area contributed by atoms with Gasteiger partial charge in [0.1, 0.15) is 5.82 Å². The van der Waals surface area contributed by atoms with E-state index < -0.39 is 0 Å². The minimum Gasteiger partial charge on any atom is -0.311 e. The second-order valence-electron chi connectivity index (χ2n) is 4.66. The summed E-state index contributed by atoms with van der Waals surface area (Å²) in [6.07, 6.45) is 0.619. The summed E-state index contributed by atoms with van der Waals surface area (Å²) in [6, 6.07) is 9.05. The number of aromatic nitrogens is 2. The van der Waals surface area contributed by atoms with E-state index in [0.29, 0.717) is 6.42 Å². The molecule has 102 valence electrons. The molecular weight excluding hydrogens is 241 g/mol. The van der Waals surface area contributed by atoms with Crippen molar-refractivity contribution < 1.29 is 4.39 Å². The molecule has 1 heterocycles. The zero-order valence-electron chi connectivity index (χ0n) is 11.7. The van der Waals surface area contributed by atoms with Gasteiger partial charge in [0.15, 0.2) is 0 Å². The largest absolute Gasteiger partial charge is 0.311 e. The Hall–Kier alpha value is -1.68. The molecule has 2 aromatic rings. The minimum atomic E-state index is -0.151. The SMILES string of the molecule is CCn1nc(C)cc1C(Cc1ccccc1F)NC. The first-order chi connectivity index (χ1) is 9.15. The maximum absolute atomic E-state index is 13.7. The van der Waals surface area contributed by atoms with E-state index in [1.807, 2.05) is 30.8 Å². The lowest BCUT2D eigenvalue weighted by molar-refractivity contribution is 0.501. The number of nitrogens with one attached hydrogen (secondary N) is 1. The number of likely N-dealkylation sites (N-methyl/N-ethyl adjacent to an activating group) is 1. The van der Waals surface area contributed by atoms with Crippen molar-refractivity contribution in [2.45, 2.75) is 32.9 Å². The van der Waals surface area contributed by atoms with Crippen LogP contribution >= 0.6 is 0 Å². The molecule has 0 aliphatic carbocycles. The van der Waals surface area contributed by atoms with Gasteiger partial charge in [-0.15, -0.1) is 0 Å². The van der Waals surface area contributed by atoms with E-state index >= 15 is 0 Å². The fraction of sp³-hybridized carbons (Fsp3) is 0.400. The van der Waals surface area contributed by atoms with Crippen LogP contribution in [0.2, 0.25) is 0 Å². The first-order valence-corrected chi connectivity index (χ1v) is 6.60. The molecule has 0 aliphatic rings. The van der Waals surface area contributed by atoms with E-state index in [0.717, 1.165) is 23.5 Å². The summed E-state index contributed by atoms with van der Waals surface area (Å²) in [6.45, 7) is 4.86. The highest BCUT2D eigenvalue weighted by atomic mass is 19.1. The number of benzene rings is 1. The number of nitrogens with zero attached hydrogens (tertiary/aromatic N) is 2. The first-order valence-electron chi connectivity index (χ1n) is 6.60. The molecule has 0 radical (unpaired) electrons. The molecule has 4 heteroatoms. The number of aryl methyl sites for hydroxylation is 2. The molecule has 1 unspecified atom stereocenters. The van der Waals surface area contributed by atoms with Gasteiger partial charge < -0.3 is 5.32 Å². The van der Waals surface area contributed by atoms with Crippen molar-refractivity contribution in [3.05, 3.63) is 53.1 Å². The van der Waals surface area contributed by atoms with Crippen LogP contribution in [0.5, 0.6) is 0 Å². The lowest BCUT2D eigenvalue weighted by Gasteiger charge is -2.17. The van der Waals surface area contributed by atoms with Gasteiger partial charge >= 0.3 is 0 Å². The van der Waals surface area contributed by atoms with Crippen LogP contribution in [0.1, 0.15) is 29.9 Å². The molecule has 0 aliphatic heterocycles. The van der Waals surface area contributed by atoms with Crippen molar-refractivity contribution in [3.8, 4) is 0 Å². The molecular formula is C15H20FN3. The van der Waals surface area contributed by atoms with Gasteiger partial charge in [0.25, 0.3) is 0 Å². The Balaban J connectivity index is 2.27. The molecule has 3 nitrogen and oxygen atoms in total. The summed E-state index contributed by atoms with van der Waals surface area (Å²) in [7, 11) is 1.90. The molecule has 19 heavy (non-hydrogen) atoms. The highest BCUT2D eigenvalue weighted by Gasteiger charge is 2.17. The predicted octanol–water partition coefficient (Wildman–Crippen LogP) is 2.85. The van der Waals surface area contributed by atoms with Crippen LogP contribution in [-0.2, 0) is 13.0 Å². The molecule has 0 fully saturated rings. The second kappa shape index (κ2) is 5.97. The van der Waals surface area contributed by atoms with Crippen molar-refractivity contribution in [2.75, 3.05) is 7.05 Å². The van der Waals surface area contributed by atoms with E-state index in [4.69, 9.17) is 0 Å². The Bertz CT molecular complexity index is 548. The highest BCUT2D eigenvalue weighted by molar-refractivity contribution is 5.22. The first kappa shape index (κ1) is 13.7. The number of hydrogen-bond acceptors (Lipinski definition) is 2. The summed E-state index contributed by atoms with van der Waals surface area (Å²) in [5.41, 5.74) is 2.82. The summed E-state index contributed by atoms with van der Waals surface area (Å²) in [4.78, 5) is 0. The molecule has 1 atom stereocenters. The van der Waals surface area contributed by atoms with Crippen molar-refractivity contribution in [3.63, 3.8) is 0 Å². The lowest BCUT2D eigenvalue weighted by atomic mass is 10.0. The Morgan fingerprint density at radius 2 is 2.11 bits per heavy atom. The summed E-state index contributed by atoms with van der Waals surface area (Å²) in [5.74, 6) is -0.151. The summed E-state index contributed by atoms with van der Waals surface area (Å²) in [5, 5.41) is 7.70. The average molecular weight is 261 g/mol. The van der Waals surface area contributed by atoms with Crippen LogP contribution in [0, 0.1) is 12.7 Å². The molecule has 0 spiro atoms. The number of hydrogen-bond donors (Lipinski definition) is 1. The Morgan fingerprint density at radius 1 is 1.37 bits per heavy atom. The van der Waals surface area contributed by atoms with E-state index in [9.17, 15) is 4.39 Å². The molecule has 0 saturated carbocycles. The van der Waals surface area contributed by atoms with Crippen LogP contribution < -0.4 is 5.32 Å². The minimum absolute atomic E-state index is 0.0676. The second-order valence-corrected chi connectivity index (χ2v) is 4.66. The van der Waals surface area contributed by atoms with Crippen molar-refractivity contribution in [2.24, 2.45) is 0 Å². The monoisotopic (exact) mass is 261 g/mol. The normalized spacial score (nSPS) is 12.6. The van der Waals surface area contributed by atoms with Gasteiger partial charge in [-0.2, -0.15) is 5.10 Å². The molecule has 1 N–H and O–H groups in total. The Kier molecular flexibility index (Phi) is 4.32. The average Bonchev–Trinajstić information content (AvgIpc) is 2.79. The van der Waals surface area contributed by atoms with E-state index in [2.05, 4.69) is 23.4 Å². The van der Waals surface area contributed by atoms with Crippen LogP contribution in [-0.4, -0.2) is 16.8 Å². The molecule has 0 bridgehead atoms. The predicted molar refractivity (Wildman–Crippen MR) is 74.5 cm³/mol. The van der Waals surface area contributed by atoms with Gasteiger partial charge in [0.05, 0.1) is 17.4 Å². The third kappa shape index (κ3) is 3.01. The molecule has 1 aromatic heterocycles. The Morgan fingerprint density at radius 3 is 2.74 bits per heavy atom. The summed E-state index contributed by atoms with van der Waals surface area (Å²) < 4.78 is 15.7. The van der Waals surface area contributed by atoms with Gasteiger partial charge in [-0.25, -0.2) is 4.39 Å². The number of rotatable bonds is 5. The fourth-order valence-electron chi connectivity index (χ4n) is 2.34. The lowest BCUT2D eigenvalue weighted by Crippen LogP contribution is -2.22. The Labute approximate surface area is 113 Å². The highest BCUT2D eigenvalue weighted by Crippen LogP contribution is 2.20.